The predicted octanol–water partition coefficient (Wildman–Crippen LogP) is 4.30. The first-order valence-electron chi connectivity index (χ1n) is 8.19. The van der Waals surface area contributed by atoms with Crippen LogP contribution in [0.2, 0.25) is 0 Å². The summed E-state index contributed by atoms with van der Waals surface area (Å²) in [5, 5.41) is 5.85. The van der Waals surface area contributed by atoms with Crippen LogP contribution in [-0.4, -0.2) is 33.9 Å². The maximum absolute atomic E-state index is 12.5. The van der Waals surface area contributed by atoms with Crippen molar-refractivity contribution in [2.75, 3.05) is 12.4 Å². The van der Waals surface area contributed by atoms with E-state index in [0.717, 1.165) is 16.1 Å². The first kappa shape index (κ1) is 18.1. The Balaban J connectivity index is 1.47. The first-order chi connectivity index (χ1) is 13.6. The third kappa shape index (κ3) is 3.71. The van der Waals surface area contributed by atoms with E-state index in [1.807, 2.05) is 35.7 Å². The molecule has 4 rings (SSSR count). The summed E-state index contributed by atoms with van der Waals surface area (Å²) in [5.41, 5.74) is 2.70. The Morgan fingerprint density at radius 1 is 1.18 bits per heavy atom. The third-order valence-electron chi connectivity index (χ3n) is 3.86. The molecular weight excluding hydrogens is 396 g/mol. The maximum Gasteiger partial charge on any atom is 0.354 e. The largest absolute Gasteiger partial charge is 0.464 e. The van der Waals surface area contributed by atoms with Crippen LogP contribution < -0.4 is 5.32 Å². The summed E-state index contributed by atoms with van der Waals surface area (Å²) in [7, 11) is 1.32. The molecule has 1 amide bonds. The van der Waals surface area contributed by atoms with E-state index >= 15 is 0 Å². The average Bonchev–Trinajstić information content (AvgIpc) is 3.47. The topological polar surface area (TPSA) is 97.0 Å². The molecule has 9 heteroatoms. The lowest BCUT2D eigenvalue weighted by Crippen LogP contribution is -2.09. The number of amides is 1. The number of thiazole rings is 2. The lowest BCUT2D eigenvalue weighted by atomic mass is 10.2. The Bertz CT molecular complexity index is 1130. The normalized spacial score (nSPS) is 10.6. The highest BCUT2D eigenvalue weighted by molar-refractivity contribution is 7.17. The van der Waals surface area contributed by atoms with Gasteiger partial charge in [-0.3, -0.25) is 10.1 Å². The van der Waals surface area contributed by atoms with Crippen LogP contribution in [0, 0.1) is 0 Å². The van der Waals surface area contributed by atoms with Crippen molar-refractivity contribution in [3.8, 4) is 21.8 Å². The van der Waals surface area contributed by atoms with E-state index in [2.05, 4.69) is 25.0 Å². The fraction of sp³-hybridized carbons (Fsp3) is 0.0526. The number of anilines is 1. The molecule has 3 aromatic heterocycles. The molecule has 0 bridgehead atoms. The monoisotopic (exact) mass is 410 g/mol. The minimum absolute atomic E-state index is 0.259. The molecule has 0 spiro atoms. The fourth-order valence-electron chi connectivity index (χ4n) is 2.49. The third-order valence-corrected chi connectivity index (χ3v) is 5.66. The summed E-state index contributed by atoms with van der Waals surface area (Å²) >= 11 is 2.63. The van der Waals surface area contributed by atoms with Crippen LogP contribution in [0.5, 0.6) is 0 Å². The number of rotatable bonds is 5. The van der Waals surface area contributed by atoms with Gasteiger partial charge in [-0.2, -0.15) is 0 Å². The van der Waals surface area contributed by atoms with Gasteiger partial charge in [-0.15, -0.1) is 22.7 Å². The fourth-order valence-corrected chi connectivity index (χ4v) is 4.02. The van der Waals surface area contributed by atoms with Crippen LogP contribution in [0.4, 0.5) is 5.13 Å². The Morgan fingerprint density at radius 2 is 2.00 bits per heavy atom. The zero-order valence-electron chi connectivity index (χ0n) is 14.6. The van der Waals surface area contributed by atoms with Gasteiger partial charge in [-0.1, -0.05) is 30.3 Å². The Labute approximate surface area is 168 Å². The molecule has 0 aliphatic rings. The van der Waals surface area contributed by atoms with Gasteiger partial charge in [0, 0.05) is 22.7 Å². The van der Waals surface area contributed by atoms with Gasteiger partial charge >= 0.3 is 5.97 Å². The van der Waals surface area contributed by atoms with Gasteiger partial charge < -0.3 is 9.72 Å². The van der Waals surface area contributed by atoms with Crippen LogP contribution in [0.1, 0.15) is 20.2 Å². The van der Waals surface area contributed by atoms with Crippen LogP contribution in [-0.2, 0) is 4.74 Å². The minimum atomic E-state index is -0.450. The average molecular weight is 410 g/mol. The van der Waals surface area contributed by atoms with Gasteiger partial charge in [0.2, 0.25) is 0 Å². The van der Waals surface area contributed by atoms with Crippen LogP contribution >= 0.6 is 22.7 Å². The molecule has 3 heterocycles. The summed E-state index contributed by atoms with van der Waals surface area (Å²) < 4.78 is 4.68. The van der Waals surface area contributed by atoms with Crippen molar-refractivity contribution < 1.29 is 14.3 Å². The van der Waals surface area contributed by atoms with E-state index in [1.165, 1.54) is 29.8 Å². The highest BCUT2D eigenvalue weighted by Gasteiger charge is 2.15. The standard InChI is InChI=1S/C19H14N4O3S2/c1-26-18(25)13-7-12(8-20-13)14-10-27-19(22-14)23-16(24)15-9-21-17(28-15)11-5-3-2-4-6-11/h2-10,20H,1H3,(H,22,23,24). The van der Waals surface area contributed by atoms with Crippen LogP contribution in [0.3, 0.4) is 0 Å². The second kappa shape index (κ2) is 7.75. The second-order valence-corrected chi connectivity index (χ2v) is 7.57. The quantitative estimate of drug-likeness (QED) is 0.478. The van der Waals surface area contributed by atoms with Crippen molar-refractivity contribution >= 4 is 39.7 Å². The number of hydrogen-bond acceptors (Lipinski definition) is 7. The second-order valence-electron chi connectivity index (χ2n) is 5.68. The van der Waals surface area contributed by atoms with Crippen molar-refractivity contribution in [3.05, 3.63) is 64.7 Å². The van der Waals surface area contributed by atoms with Gasteiger partial charge in [-0.25, -0.2) is 14.8 Å². The summed E-state index contributed by atoms with van der Waals surface area (Å²) in [6, 6.07) is 11.4. The van der Waals surface area contributed by atoms with E-state index in [0.29, 0.717) is 21.4 Å². The van der Waals surface area contributed by atoms with E-state index in [1.54, 1.807) is 18.5 Å². The molecule has 28 heavy (non-hydrogen) atoms. The zero-order valence-corrected chi connectivity index (χ0v) is 16.3. The van der Waals surface area contributed by atoms with Crippen molar-refractivity contribution in [3.63, 3.8) is 0 Å². The Hall–Kier alpha value is -3.30. The molecule has 0 radical (unpaired) electrons. The number of carbonyl (C=O) groups excluding carboxylic acids is 2. The SMILES string of the molecule is COC(=O)c1cc(-c2csc(NC(=O)c3cnc(-c4ccccc4)s3)n2)c[nH]1. The number of hydrogen-bond donors (Lipinski definition) is 2. The first-order valence-corrected chi connectivity index (χ1v) is 9.89. The predicted molar refractivity (Wildman–Crippen MR) is 109 cm³/mol. The lowest BCUT2D eigenvalue weighted by molar-refractivity contribution is 0.0594. The molecule has 0 atom stereocenters. The van der Waals surface area contributed by atoms with Crippen molar-refractivity contribution in [1.29, 1.82) is 0 Å². The smallest absolute Gasteiger partial charge is 0.354 e. The number of methoxy groups -OCH3 is 1. The minimum Gasteiger partial charge on any atom is -0.464 e. The number of nitrogens with zero attached hydrogens (tertiary/aromatic N) is 2. The molecule has 0 aliphatic carbocycles. The molecule has 0 fully saturated rings. The molecule has 0 saturated carbocycles. The Kier molecular flexibility index (Phi) is 5.00. The number of nitrogens with one attached hydrogen (secondary N) is 2. The molecule has 0 saturated heterocycles. The number of carbonyl (C=O) groups is 2. The van der Waals surface area contributed by atoms with Crippen LogP contribution in [0.25, 0.3) is 21.8 Å². The molecule has 4 aromatic rings. The molecule has 0 unspecified atom stereocenters. The number of aromatic nitrogens is 3. The number of aromatic amines is 1. The molecule has 7 nitrogen and oxygen atoms in total. The lowest BCUT2D eigenvalue weighted by Gasteiger charge is -1.97. The van der Waals surface area contributed by atoms with Gasteiger partial charge in [0.1, 0.15) is 15.6 Å². The van der Waals surface area contributed by atoms with Gasteiger partial charge in [0.05, 0.1) is 19.0 Å². The molecule has 2 N–H and O–H groups in total. The van der Waals surface area contributed by atoms with Crippen LogP contribution in [0.15, 0.2) is 54.2 Å². The maximum atomic E-state index is 12.5. The number of esters is 1. The van der Waals surface area contributed by atoms with E-state index in [4.69, 9.17) is 0 Å². The summed E-state index contributed by atoms with van der Waals surface area (Å²) in [6.45, 7) is 0. The van der Waals surface area contributed by atoms with Crippen molar-refractivity contribution in [2.45, 2.75) is 0 Å². The molecular formula is C19H14N4O3S2. The zero-order chi connectivity index (χ0) is 19.5. The number of ether oxygens (including phenoxy) is 1. The van der Waals surface area contributed by atoms with Crippen molar-refractivity contribution in [2.24, 2.45) is 0 Å². The van der Waals surface area contributed by atoms with Gasteiger partial charge in [0.25, 0.3) is 5.91 Å². The van der Waals surface area contributed by atoms with Crippen molar-refractivity contribution in [1.82, 2.24) is 15.0 Å². The molecule has 140 valence electrons. The summed E-state index contributed by atoms with van der Waals surface area (Å²) in [5.74, 6) is -0.709. The van der Waals surface area contributed by atoms with E-state index < -0.39 is 5.97 Å². The molecule has 0 aliphatic heterocycles. The van der Waals surface area contributed by atoms with E-state index in [-0.39, 0.29) is 5.91 Å². The number of benzene rings is 1. The van der Waals surface area contributed by atoms with Gasteiger partial charge in [0.15, 0.2) is 5.13 Å². The highest BCUT2D eigenvalue weighted by atomic mass is 32.1. The number of H-pyrrole nitrogens is 1. The summed E-state index contributed by atoms with van der Waals surface area (Å²) in [4.78, 5) is 36.1. The molecule has 1 aromatic carbocycles. The van der Waals surface area contributed by atoms with Gasteiger partial charge in [-0.05, 0) is 6.07 Å². The summed E-state index contributed by atoms with van der Waals surface area (Å²) in [6.07, 6.45) is 3.23. The highest BCUT2D eigenvalue weighted by Crippen LogP contribution is 2.28. The van der Waals surface area contributed by atoms with E-state index in [9.17, 15) is 9.59 Å². The Morgan fingerprint density at radius 3 is 2.79 bits per heavy atom.